The molecule has 0 aliphatic rings. The van der Waals surface area contributed by atoms with Crippen molar-refractivity contribution in [2.45, 2.75) is 26.8 Å². The van der Waals surface area contributed by atoms with E-state index in [1.165, 1.54) is 4.88 Å². The lowest BCUT2D eigenvalue weighted by Gasteiger charge is -2.11. The molecular weight excluding hydrogens is 336 g/mol. The average molecular weight is 353 g/mol. The van der Waals surface area contributed by atoms with E-state index in [-0.39, 0.29) is 5.91 Å². The molecule has 1 aromatic heterocycles. The maximum Gasteiger partial charge on any atom is 0.224 e. The number of thiophene rings is 1. The molecule has 3 nitrogen and oxygen atoms in total. The summed E-state index contributed by atoms with van der Waals surface area (Å²) in [6.45, 7) is 4.68. The van der Waals surface area contributed by atoms with Crippen LogP contribution in [0.3, 0.4) is 0 Å². The maximum atomic E-state index is 11.4. The SMILES string of the molecule is CCC(=O)Nc1ccc(C)c(NCc2cc(Br)cs2)c1. The van der Waals surface area contributed by atoms with Crippen molar-refractivity contribution < 1.29 is 4.79 Å². The lowest BCUT2D eigenvalue weighted by atomic mass is 10.1. The molecular formula is C15H17BrN2OS. The van der Waals surface area contributed by atoms with Crippen LogP contribution in [0.2, 0.25) is 0 Å². The quantitative estimate of drug-likeness (QED) is 0.812. The van der Waals surface area contributed by atoms with Crippen LogP contribution in [0.1, 0.15) is 23.8 Å². The number of carbonyl (C=O) groups is 1. The van der Waals surface area contributed by atoms with Gasteiger partial charge in [-0.3, -0.25) is 4.79 Å². The minimum atomic E-state index is 0.0296. The Morgan fingerprint density at radius 3 is 2.80 bits per heavy atom. The topological polar surface area (TPSA) is 41.1 Å². The van der Waals surface area contributed by atoms with E-state index >= 15 is 0 Å². The van der Waals surface area contributed by atoms with Crippen molar-refractivity contribution in [1.29, 1.82) is 0 Å². The molecule has 5 heteroatoms. The van der Waals surface area contributed by atoms with Crippen LogP contribution in [-0.2, 0) is 11.3 Å². The van der Waals surface area contributed by atoms with Gasteiger partial charge in [-0.05, 0) is 46.6 Å². The largest absolute Gasteiger partial charge is 0.380 e. The summed E-state index contributed by atoms with van der Waals surface area (Å²) in [4.78, 5) is 12.7. The summed E-state index contributed by atoms with van der Waals surface area (Å²) < 4.78 is 1.11. The van der Waals surface area contributed by atoms with E-state index in [1.54, 1.807) is 11.3 Å². The Balaban J connectivity index is 2.06. The third-order valence-electron chi connectivity index (χ3n) is 2.92. The number of aryl methyl sites for hydroxylation is 1. The zero-order chi connectivity index (χ0) is 14.5. The lowest BCUT2D eigenvalue weighted by molar-refractivity contribution is -0.115. The Labute approximate surface area is 131 Å². The second-order valence-electron chi connectivity index (χ2n) is 4.52. The first-order chi connectivity index (χ1) is 9.58. The number of rotatable bonds is 5. The van der Waals surface area contributed by atoms with Crippen molar-refractivity contribution in [2.75, 3.05) is 10.6 Å². The zero-order valence-electron chi connectivity index (χ0n) is 11.5. The van der Waals surface area contributed by atoms with Crippen LogP contribution >= 0.6 is 27.3 Å². The van der Waals surface area contributed by atoms with Gasteiger partial charge in [0.25, 0.3) is 0 Å². The molecule has 2 N–H and O–H groups in total. The highest BCUT2D eigenvalue weighted by molar-refractivity contribution is 9.10. The Hall–Kier alpha value is -1.33. The minimum Gasteiger partial charge on any atom is -0.380 e. The number of benzene rings is 1. The molecule has 2 rings (SSSR count). The second kappa shape index (κ2) is 6.90. The standard InChI is InChI=1S/C15H17BrN2OS/c1-3-15(19)18-12-5-4-10(2)14(7-12)17-8-13-6-11(16)9-20-13/h4-7,9,17H,3,8H2,1-2H3,(H,18,19). The van der Waals surface area contributed by atoms with Crippen molar-refractivity contribution in [1.82, 2.24) is 0 Å². The Kier molecular flexibility index (Phi) is 5.20. The molecule has 0 atom stereocenters. The van der Waals surface area contributed by atoms with Crippen LogP contribution in [0.5, 0.6) is 0 Å². The van der Waals surface area contributed by atoms with E-state index in [4.69, 9.17) is 0 Å². The lowest BCUT2D eigenvalue weighted by Crippen LogP contribution is -2.10. The molecule has 0 aliphatic heterocycles. The van der Waals surface area contributed by atoms with Crippen molar-refractivity contribution in [2.24, 2.45) is 0 Å². The summed E-state index contributed by atoms with van der Waals surface area (Å²) >= 11 is 5.17. The van der Waals surface area contributed by atoms with Gasteiger partial charge in [0, 0.05) is 39.1 Å². The first-order valence-corrected chi connectivity index (χ1v) is 8.13. The number of amides is 1. The molecule has 20 heavy (non-hydrogen) atoms. The average Bonchev–Trinajstić information content (AvgIpc) is 2.85. The molecule has 0 unspecified atom stereocenters. The number of halogens is 1. The van der Waals surface area contributed by atoms with E-state index in [9.17, 15) is 4.79 Å². The smallest absolute Gasteiger partial charge is 0.224 e. The predicted molar refractivity (Wildman–Crippen MR) is 89.4 cm³/mol. The van der Waals surface area contributed by atoms with Gasteiger partial charge < -0.3 is 10.6 Å². The molecule has 0 saturated carbocycles. The number of carbonyl (C=O) groups excluding carboxylic acids is 1. The van der Waals surface area contributed by atoms with Crippen LogP contribution in [0, 0.1) is 6.92 Å². The maximum absolute atomic E-state index is 11.4. The van der Waals surface area contributed by atoms with Gasteiger partial charge >= 0.3 is 0 Å². The fourth-order valence-electron chi connectivity index (χ4n) is 1.77. The minimum absolute atomic E-state index is 0.0296. The molecule has 0 radical (unpaired) electrons. The van der Waals surface area contributed by atoms with Gasteiger partial charge in [0.1, 0.15) is 0 Å². The molecule has 0 aliphatic carbocycles. The van der Waals surface area contributed by atoms with Gasteiger partial charge in [0.2, 0.25) is 5.91 Å². The Morgan fingerprint density at radius 2 is 2.15 bits per heavy atom. The number of nitrogens with one attached hydrogen (secondary N) is 2. The third-order valence-corrected chi connectivity index (χ3v) is 4.61. The summed E-state index contributed by atoms with van der Waals surface area (Å²) in [5.41, 5.74) is 3.04. The normalized spacial score (nSPS) is 10.3. The molecule has 1 aromatic carbocycles. The first-order valence-electron chi connectivity index (χ1n) is 6.45. The second-order valence-corrected chi connectivity index (χ2v) is 6.43. The fraction of sp³-hybridized carbons (Fsp3) is 0.267. The molecule has 106 valence electrons. The van der Waals surface area contributed by atoms with E-state index in [0.29, 0.717) is 6.42 Å². The van der Waals surface area contributed by atoms with E-state index < -0.39 is 0 Å². The predicted octanol–water partition coefficient (Wildman–Crippen LogP) is 4.78. The van der Waals surface area contributed by atoms with Crippen LogP contribution in [0.15, 0.2) is 34.1 Å². The highest BCUT2D eigenvalue weighted by atomic mass is 79.9. The highest BCUT2D eigenvalue weighted by Gasteiger charge is 2.04. The Morgan fingerprint density at radius 1 is 1.35 bits per heavy atom. The molecule has 2 aromatic rings. The number of hydrogen-bond donors (Lipinski definition) is 2. The van der Waals surface area contributed by atoms with Crippen molar-refractivity contribution >= 4 is 44.5 Å². The van der Waals surface area contributed by atoms with Crippen LogP contribution in [-0.4, -0.2) is 5.91 Å². The summed E-state index contributed by atoms with van der Waals surface area (Å²) in [6.07, 6.45) is 0.486. The molecule has 1 heterocycles. The summed E-state index contributed by atoms with van der Waals surface area (Å²) in [5, 5.41) is 8.36. The third kappa shape index (κ3) is 4.08. The van der Waals surface area contributed by atoms with Crippen molar-refractivity contribution in [3.8, 4) is 0 Å². The summed E-state index contributed by atoms with van der Waals surface area (Å²) in [6, 6.07) is 8.02. The van der Waals surface area contributed by atoms with E-state index in [2.05, 4.69) is 44.9 Å². The van der Waals surface area contributed by atoms with Crippen LogP contribution in [0.4, 0.5) is 11.4 Å². The fourth-order valence-corrected chi connectivity index (χ4v) is 3.16. The summed E-state index contributed by atoms with van der Waals surface area (Å²) in [7, 11) is 0. The monoisotopic (exact) mass is 352 g/mol. The number of hydrogen-bond acceptors (Lipinski definition) is 3. The molecule has 0 bridgehead atoms. The zero-order valence-corrected chi connectivity index (χ0v) is 13.9. The first kappa shape index (κ1) is 15.1. The van der Waals surface area contributed by atoms with Gasteiger partial charge in [0.15, 0.2) is 0 Å². The molecule has 0 saturated heterocycles. The number of anilines is 2. The van der Waals surface area contributed by atoms with Gasteiger partial charge in [0.05, 0.1) is 0 Å². The van der Waals surface area contributed by atoms with Crippen molar-refractivity contribution in [3.05, 3.63) is 44.6 Å². The molecule has 0 fully saturated rings. The van der Waals surface area contributed by atoms with Crippen LogP contribution in [0.25, 0.3) is 0 Å². The molecule has 1 amide bonds. The van der Waals surface area contributed by atoms with Gasteiger partial charge in [-0.2, -0.15) is 0 Å². The van der Waals surface area contributed by atoms with Gasteiger partial charge in [-0.25, -0.2) is 0 Å². The van der Waals surface area contributed by atoms with E-state index in [0.717, 1.165) is 28.0 Å². The van der Waals surface area contributed by atoms with Crippen LogP contribution < -0.4 is 10.6 Å². The Bertz CT molecular complexity index is 610. The highest BCUT2D eigenvalue weighted by Crippen LogP contribution is 2.24. The van der Waals surface area contributed by atoms with Gasteiger partial charge in [-0.1, -0.05) is 13.0 Å². The van der Waals surface area contributed by atoms with Crippen molar-refractivity contribution in [3.63, 3.8) is 0 Å². The van der Waals surface area contributed by atoms with E-state index in [1.807, 2.05) is 25.1 Å². The van der Waals surface area contributed by atoms with Gasteiger partial charge in [-0.15, -0.1) is 11.3 Å². The molecule has 0 spiro atoms. The summed E-state index contributed by atoms with van der Waals surface area (Å²) in [5.74, 6) is 0.0296.